The molecule has 2 aromatic carbocycles. The number of aliphatic hydroxyl groups excluding tert-OH is 1. The molecule has 1 spiro atoms. The first-order chi connectivity index (χ1) is 24.0. The minimum atomic E-state index is -2.92. The summed E-state index contributed by atoms with van der Waals surface area (Å²) in [5, 5.41) is 23.9. The molecule has 3 fully saturated rings. The lowest BCUT2D eigenvalue weighted by Gasteiger charge is -2.33. The lowest BCUT2D eigenvalue weighted by molar-refractivity contribution is -0.146. The topological polar surface area (TPSA) is 165 Å². The van der Waals surface area contributed by atoms with Gasteiger partial charge in [0.05, 0.1) is 37.1 Å². The summed E-state index contributed by atoms with van der Waals surface area (Å²) in [4.78, 5) is 57.8. The minimum Gasteiger partial charge on any atom is -0.432 e. The Morgan fingerprint density at radius 3 is 2.36 bits per heavy atom. The van der Waals surface area contributed by atoms with E-state index in [2.05, 4.69) is 20.9 Å². The van der Waals surface area contributed by atoms with Crippen LogP contribution in [0.15, 0.2) is 48.7 Å². The maximum absolute atomic E-state index is 15.1. The highest BCUT2D eigenvalue weighted by atomic mass is 28.4. The van der Waals surface area contributed by atoms with Crippen molar-refractivity contribution in [2.24, 2.45) is 5.92 Å². The highest BCUT2D eigenvalue weighted by Crippen LogP contribution is 2.60. The number of benzene rings is 2. The second-order valence-electron chi connectivity index (χ2n) is 14.3. The molecule has 4 aliphatic heterocycles. The molecule has 3 aromatic rings. The first kappa shape index (κ1) is 34.5. The van der Waals surface area contributed by atoms with Crippen molar-refractivity contribution in [1.29, 1.82) is 0 Å². The molecule has 50 heavy (non-hydrogen) atoms. The molecule has 15 heteroatoms. The summed E-state index contributed by atoms with van der Waals surface area (Å²) >= 11 is 0. The molecule has 4 aliphatic rings. The van der Waals surface area contributed by atoms with Crippen LogP contribution in [0.2, 0.25) is 18.6 Å². The van der Waals surface area contributed by atoms with Crippen molar-refractivity contribution in [3.8, 4) is 0 Å². The van der Waals surface area contributed by atoms with Gasteiger partial charge in [0, 0.05) is 80.3 Å². The number of nitrogens with one attached hydrogen (secondary N) is 2. The number of fused-ring (bicyclic) bond motifs is 2. The first-order valence-corrected chi connectivity index (χ1v) is 20.5. The van der Waals surface area contributed by atoms with Gasteiger partial charge < -0.3 is 40.0 Å². The molecular formula is C35H46N8O6Si. The maximum Gasteiger partial charge on any atom is 0.264 e. The number of amides is 3. The molecule has 7 rings (SSSR count). The average molecular weight is 703 g/mol. The highest BCUT2D eigenvalue weighted by molar-refractivity contribution is 6.71. The van der Waals surface area contributed by atoms with E-state index in [0.29, 0.717) is 68.2 Å². The largest absolute Gasteiger partial charge is 0.432 e. The number of aliphatic hydroxyl groups is 1. The number of rotatable bonds is 10. The van der Waals surface area contributed by atoms with Crippen LogP contribution in [-0.4, -0.2) is 103 Å². The van der Waals surface area contributed by atoms with E-state index in [1.165, 1.54) is 0 Å². The van der Waals surface area contributed by atoms with Crippen molar-refractivity contribution in [3.05, 3.63) is 65.5 Å². The summed E-state index contributed by atoms with van der Waals surface area (Å²) in [7, 11) is -2.92. The Morgan fingerprint density at radius 2 is 1.70 bits per heavy atom. The predicted molar refractivity (Wildman–Crippen MR) is 189 cm³/mol. The Balaban J connectivity index is 1.26. The van der Waals surface area contributed by atoms with Crippen LogP contribution >= 0.6 is 0 Å². The zero-order valence-corrected chi connectivity index (χ0v) is 29.8. The van der Waals surface area contributed by atoms with E-state index in [0.717, 1.165) is 11.3 Å². The Labute approximate surface area is 292 Å². The zero-order chi connectivity index (χ0) is 35.2. The molecule has 0 unspecified atom stereocenters. The fraction of sp³-hybridized carbons (Fsp3) is 0.514. The molecule has 3 amide bonds. The lowest BCUT2D eigenvalue weighted by Crippen LogP contribution is -2.48. The van der Waals surface area contributed by atoms with Gasteiger partial charge in [-0.25, -0.2) is 0 Å². The van der Waals surface area contributed by atoms with E-state index < -0.39 is 20.0 Å². The van der Waals surface area contributed by atoms with Gasteiger partial charge in [-0.05, 0) is 55.4 Å². The zero-order valence-electron chi connectivity index (χ0n) is 28.8. The number of ether oxygens (including phenoxy) is 1. The van der Waals surface area contributed by atoms with Crippen LogP contribution < -0.4 is 25.3 Å². The Kier molecular flexibility index (Phi) is 9.38. The summed E-state index contributed by atoms with van der Waals surface area (Å²) in [6.45, 7) is 9.47. The van der Waals surface area contributed by atoms with Crippen LogP contribution in [0.1, 0.15) is 30.2 Å². The molecule has 266 valence electrons. The van der Waals surface area contributed by atoms with Gasteiger partial charge in [-0.15, -0.1) is 5.10 Å². The van der Waals surface area contributed by atoms with Crippen LogP contribution in [0.4, 0.5) is 17.1 Å². The molecule has 0 bridgehead atoms. The molecule has 5 heterocycles. The van der Waals surface area contributed by atoms with Gasteiger partial charge in [0.1, 0.15) is 0 Å². The quantitative estimate of drug-likeness (QED) is 0.225. The van der Waals surface area contributed by atoms with Gasteiger partial charge in [0.25, 0.3) is 5.91 Å². The Bertz CT molecular complexity index is 1780. The van der Waals surface area contributed by atoms with Crippen LogP contribution in [-0.2, 0) is 44.2 Å². The van der Waals surface area contributed by atoms with E-state index >= 15 is 4.79 Å². The first-order valence-electron chi connectivity index (χ1n) is 17.5. The second kappa shape index (κ2) is 13.6. The second-order valence-corrected chi connectivity index (χ2v) is 18.3. The molecule has 4 N–H and O–H groups in total. The van der Waals surface area contributed by atoms with Gasteiger partial charge in [0.15, 0.2) is 13.9 Å². The average Bonchev–Trinajstić information content (AvgIpc) is 3.74. The number of hydrogen-bond acceptors (Lipinski definition) is 10. The molecular weight excluding hydrogens is 657 g/mol. The Morgan fingerprint density at radius 1 is 1.00 bits per heavy atom. The van der Waals surface area contributed by atoms with Crippen LogP contribution in [0.3, 0.4) is 0 Å². The summed E-state index contributed by atoms with van der Waals surface area (Å²) in [5.74, 6) is -0.625. The number of carbonyl (C=O) groups is 3. The molecule has 0 saturated carbocycles. The van der Waals surface area contributed by atoms with E-state index in [1.807, 2.05) is 62.5 Å². The van der Waals surface area contributed by atoms with Gasteiger partial charge in [-0.1, -0.05) is 24.3 Å². The third kappa shape index (κ3) is 6.15. The van der Waals surface area contributed by atoms with Crippen molar-refractivity contribution < 1.29 is 29.0 Å². The van der Waals surface area contributed by atoms with Crippen molar-refractivity contribution in [1.82, 2.24) is 25.6 Å². The molecule has 3 saturated heterocycles. The molecule has 0 aliphatic carbocycles. The molecule has 0 radical (unpaired) electrons. The SMILES string of the molecule is C[C@@H]1[C@@H]([Si](C)(C)O)[C@H](CCn2cc(CCO)nn2)O[C@@]12C(=O)N(Cc1cccc(N3CCNCC3=O)c1)c1ccc(N3CCNCC3=O)cc12. The fourth-order valence-electron chi connectivity index (χ4n) is 8.36. The summed E-state index contributed by atoms with van der Waals surface area (Å²) < 4.78 is 8.77. The van der Waals surface area contributed by atoms with Gasteiger partial charge in [-0.2, -0.15) is 0 Å². The molecule has 14 nitrogen and oxygen atoms in total. The summed E-state index contributed by atoms with van der Waals surface area (Å²) in [6, 6.07) is 13.5. The number of anilines is 3. The number of carbonyl (C=O) groups excluding carboxylic acids is 3. The normalized spacial score (nSPS) is 25.7. The number of nitrogens with zero attached hydrogens (tertiary/aromatic N) is 6. The van der Waals surface area contributed by atoms with Crippen LogP contribution in [0, 0.1) is 5.92 Å². The number of piperazine rings is 2. The summed E-state index contributed by atoms with van der Waals surface area (Å²) in [5.41, 5.74) is 2.78. The molecule has 1 aromatic heterocycles. The van der Waals surface area contributed by atoms with E-state index in [4.69, 9.17) is 4.74 Å². The minimum absolute atomic E-state index is 0.00139. The lowest BCUT2D eigenvalue weighted by atomic mass is 9.82. The van der Waals surface area contributed by atoms with Gasteiger partial charge in [-0.3, -0.25) is 19.1 Å². The van der Waals surface area contributed by atoms with Crippen LogP contribution in [0.25, 0.3) is 0 Å². The van der Waals surface area contributed by atoms with Gasteiger partial charge >= 0.3 is 0 Å². The summed E-state index contributed by atoms with van der Waals surface area (Å²) in [6.07, 6.45) is 2.25. The monoisotopic (exact) mass is 702 g/mol. The number of hydrogen-bond donors (Lipinski definition) is 4. The third-order valence-corrected chi connectivity index (χ3v) is 13.1. The predicted octanol–water partition coefficient (Wildman–Crippen LogP) is 1.12. The van der Waals surface area contributed by atoms with Crippen molar-refractivity contribution >= 4 is 43.1 Å². The van der Waals surface area contributed by atoms with Crippen molar-refractivity contribution in [3.63, 3.8) is 0 Å². The van der Waals surface area contributed by atoms with Crippen LogP contribution in [0.5, 0.6) is 0 Å². The van der Waals surface area contributed by atoms with E-state index in [-0.39, 0.29) is 55.4 Å². The maximum atomic E-state index is 15.1. The highest BCUT2D eigenvalue weighted by Gasteiger charge is 2.66. The smallest absolute Gasteiger partial charge is 0.264 e. The standard InChI is InChI=1S/C35H46N8O6Si/c1-23-33(50(2,3)48)30(9-13-40-22-25(10-16-44)38-39-40)49-35(23)28-18-27(42-15-12-37-20-32(42)46)7-8-29(28)43(34(35)47)21-24-5-4-6-26(17-24)41-14-11-36-19-31(41)45/h4-8,17-18,22-23,30,33,36-37,44,48H,9-16,19-21H2,1-3H3/t23-,30+,33-,35+/m1/s1. The van der Waals surface area contributed by atoms with E-state index in [1.54, 1.807) is 25.6 Å². The Hall–Kier alpha value is -3.99. The van der Waals surface area contributed by atoms with E-state index in [9.17, 15) is 19.5 Å². The van der Waals surface area contributed by atoms with Crippen molar-refractivity contribution in [2.75, 3.05) is 60.6 Å². The van der Waals surface area contributed by atoms with Gasteiger partial charge in [0.2, 0.25) is 11.8 Å². The molecule has 4 atom stereocenters. The number of aromatic nitrogens is 3. The van der Waals surface area contributed by atoms with Crippen molar-refractivity contribution in [2.45, 2.75) is 63.2 Å². The third-order valence-electron chi connectivity index (χ3n) is 10.6. The number of aryl methyl sites for hydroxylation is 1. The fourth-order valence-corrected chi connectivity index (χ4v) is 11.0.